The first kappa shape index (κ1) is 16.2. The fraction of sp³-hybridized carbons (Fsp3) is 0.889. The standard InChI is InChI=1S/C9H19NO7/c1-10(3-7(14)15)2-5(12)8(16)9(17)6(13)4-11/h5-6,8-9,11-13,16-17H,2-4H2,1H3,(H,14,15)/t5-,6+,8+,9+/m0/s1. The third kappa shape index (κ3) is 5.91. The third-order valence-electron chi connectivity index (χ3n) is 2.23. The number of rotatable bonds is 8. The number of carbonyl (C=O) groups is 1. The van der Waals surface area contributed by atoms with Gasteiger partial charge in [-0.25, -0.2) is 0 Å². The Morgan fingerprint density at radius 3 is 2.00 bits per heavy atom. The van der Waals surface area contributed by atoms with Crippen LogP contribution in [-0.4, -0.2) is 92.7 Å². The van der Waals surface area contributed by atoms with Crippen molar-refractivity contribution < 1.29 is 35.4 Å². The van der Waals surface area contributed by atoms with E-state index in [1.54, 1.807) is 0 Å². The smallest absolute Gasteiger partial charge is 0.317 e. The highest BCUT2D eigenvalue weighted by atomic mass is 16.4. The molecule has 0 fully saturated rings. The van der Waals surface area contributed by atoms with Crippen LogP contribution in [0.25, 0.3) is 0 Å². The molecule has 0 aliphatic carbocycles. The van der Waals surface area contributed by atoms with E-state index in [1.165, 1.54) is 11.9 Å². The molecule has 0 aromatic carbocycles. The minimum atomic E-state index is -1.70. The van der Waals surface area contributed by atoms with E-state index in [-0.39, 0.29) is 13.1 Å². The van der Waals surface area contributed by atoms with Crippen molar-refractivity contribution in [2.45, 2.75) is 24.4 Å². The summed E-state index contributed by atoms with van der Waals surface area (Å²) in [5, 5.41) is 54.3. The molecular formula is C9H19NO7. The largest absolute Gasteiger partial charge is 0.480 e. The molecule has 8 heteroatoms. The van der Waals surface area contributed by atoms with Crippen molar-refractivity contribution in [3.63, 3.8) is 0 Å². The van der Waals surface area contributed by atoms with Gasteiger partial charge < -0.3 is 30.6 Å². The van der Waals surface area contributed by atoms with E-state index in [0.29, 0.717) is 0 Å². The molecule has 0 aliphatic heterocycles. The number of aliphatic carboxylic acids is 1. The molecule has 0 bridgehead atoms. The second-order valence-electron chi connectivity index (χ2n) is 3.89. The highest BCUT2D eigenvalue weighted by molar-refractivity contribution is 5.68. The maximum absolute atomic E-state index is 10.3. The zero-order valence-corrected chi connectivity index (χ0v) is 9.47. The Morgan fingerprint density at radius 2 is 1.59 bits per heavy atom. The minimum Gasteiger partial charge on any atom is -0.480 e. The lowest BCUT2D eigenvalue weighted by Crippen LogP contribution is -2.49. The Kier molecular flexibility index (Phi) is 7.19. The van der Waals surface area contributed by atoms with Gasteiger partial charge in [0.25, 0.3) is 0 Å². The van der Waals surface area contributed by atoms with Gasteiger partial charge in [0, 0.05) is 6.54 Å². The summed E-state index contributed by atoms with van der Waals surface area (Å²) >= 11 is 0. The molecular weight excluding hydrogens is 234 g/mol. The number of hydrogen-bond acceptors (Lipinski definition) is 7. The average Bonchev–Trinajstić information content (AvgIpc) is 2.24. The van der Waals surface area contributed by atoms with Gasteiger partial charge in [-0.3, -0.25) is 9.69 Å². The Balaban J connectivity index is 4.20. The van der Waals surface area contributed by atoms with Crippen LogP contribution in [-0.2, 0) is 4.79 Å². The van der Waals surface area contributed by atoms with E-state index < -0.39 is 37.0 Å². The maximum Gasteiger partial charge on any atom is 0.317 e. The average molecular weight is 253 g/mol. The van der Waals surface area contributed by atoms with Gasteiger partial charge in [0.15, 0.2) is 0 Å². The first-order chi connectivity index (χ1) is 7.79. The summed E-state index contributed by atoms with van der Waals surface area (Å²) in [4.78, 5) is 11.6. The highest BCUT2D eigenvalue weighted by Crippen LogP contribution is 2.06. The lowest BCUT2D eigenvalue weighted by Gasteiger charge is -2.27. The first-order valence-corrected chi connectivity index (χ1v) is 5.03. The number of likely N-dealkylation sites (N-methyl/N-ethyl adjacent to an activating group) is 1. The first-order valence-electron chi connectivity index (χ1n) is 5.03. The molecule has 0 radical (unpaired) electrons. The number of nitrogens with zero attached hydrogens (tertiary/aromatic N) is 1. The zero-order valence-electron chi connectivity index (χ0n) is 9.47. The summed E-state index contributed by atoms with van der Waals surface area (Å²) in [5.74, 6) is -1.09. The van der Waals surface area contributed by atoms with Crippen LogP contribution < -0.4 is 0 Å². The molecule has 102 valence electrons. The molecule has 0 saturated heterocycles. The number of hydrogen-bond donors (Lipinski definition) is 6. The maximum atomic E-state index is 10.3. The molecule has 8 nitrogen and oxygen atoms in total. The zero-order chi connectivity index (χ0) is 13.6. The Morgan fingerprint density at radius 1 is 1.12 bits per heavy atom. The van der Waals surface area contributed by atoms with Crippen LogP contribution in [0, 0.1) is 0 Å². The molecule has 0 unspecified atom stereocenters. The van der Waals surface area contributed by atoms with Crippen LogP contribution in [0.3, 0.4) is 0 Å². The molecule has 0 amide bonds. The molecule has 0 spiro atoms. The number of carboxylic acid groups (broad SMARTS) is 1. The summed E-state index contributed by atoms with van der Waals surface area (Å²) in [6.07, 6.45) is -6.37. The van der Waals surface area contributed by atoms with Crippen molar-refractivity contribution >= 4 is 5.97 Å². The van der Waals surface area contributed by atoms with E-state index in [0.717, 1.165) is 0 Å². The van der Waals surface area contributed by atoms with Crippen molar-refractivity contribution in [1.29, 1.82) is 0 Å². The highest BCUT2D eigenvalue weighted by Gasteiger charge is 2.30. The van der Waals surface area contributed by atoms with Crippen LogP contribution in [0.15, 0.2) is 0 Å². The lowest BCUT2D eigenvalue weighted by atomic mass is 10.0. The molecule has 0 saturated carbocycles. The van der Waals surface area contributed by atoms with Crippen molar-refractivity contribution in [3.8, 4) is 0 Å². The Bertz CT molecular complexity index is 237. The molecule has 17 heavy (non-hydrogen) atoms. The molecule has 0 aliphatic rings. The minimum absolute atomic E-state index is 0.192. The SMILES string of the molecule is CN(CC(=O)O)C[C@H](O)[C@@H](O)[C@H](O)[C@H](O)CO. The predicted molar refractivity (Wildman–Crippen MR) is 56.2 cm³/mol. The van der Waals surface area contributed by atoms with Crippen molar-refractivity contribution in [2.24, 2.45) is 0 Å². The monoisotopic (exact) mass is 253 g/mol. The van der Waals surface area contributed by atoms with E-state index >= 15 is 0 Å². The second kappa shape index (κ2) is 7.54. The van der Waals surface area contributed by atoms with Crippen LogP contribution in [0.1, 0.15) is 0 Å². The predicted octanol–water partition coefficient (Wildman–Crippen LogP) is -3.56. The fourth-order valence-corrected chi connectivity index (χ4v) is 1.29. The summed E-state index contributed by atoms with van der Waals surface area (Å²) < 4.78 is 0. The van der Waals surface area contributed by atoms with Gasteiger partial charge in [-0.05, 0) is 7.05 Å². The van der Waals surface area contributed by atoms with E-state index in [4.69, 9.17) is 15.3 Å². The summed E-state index contributed by atoms with van der Waals surface area (Å²) in [6, 6.07) is 0. The summed E-state index contributed by atoms with van der Waals surface area (Å²) in [5.41, 5.74) is 0. The number of aliphatic hydroxyl groups is 5. The Hall–Kier alpha value is -0.770. The number of aliphatic hydroxyl groups excluding tert-OH is 5. The van der Waals surface area contributed by atoms with Crippen molar-refractivity contribution in [3.05, 3.63) is 0 Å². The van der Waals surface area contributed by atoms with Crippen LogP contribution >= 0.6 is 0 Å². The quantitative estimate of drug-likeness (QED) is 0.261. The van der Waals surface area contributed by atoms with Crippen LogP contribution in [0.4, 0.5) is 0 Å². The Labute approximate surface area is 98.3 Å². The van der Waals surface area contributed by atoms with Crippen molar-refractivity contribution in [1.82, 2.24) is 4.90 Å². The van der Waals surface area contributed by atoms with Gasteiger partial charge in [-0.2, -0.15) is 0 Å². The van der Waals surface area contributed by atoms with E-state index in [9.17, 15) is 20.1 Å². The molecule has 6 N–H and O–H groups in total. The van der Waals surface area contributed by atoms with E-state index in [2.05, 4.69) is 0 Å². The third-order valence-corrected chi connectivity index (χ3v) is 2.23. The summed E-state index contributed by atoms with van der Waals surface area (Å²) in [7, 11) is 1.42. The van der Waals surface area contributed by atoms with Gasteiger partial charge in [0.05, 0.1) is 19.3 Å². The molecule has 0 heterocycles. The number of carboxylic acids is 1. The molecule has 0 rings (SSSR count). The van der Waals surface area contributed by atoms with Crippen LogP contribution in [0.5, 0.6) is 0 Å². The second-order valence-corrected chi connectivity index (χ2v) is 3.89. The van der Waals surface area contributed by atoms with Gasteiger partial charge >= 0.3 is 5.97 Å². The summed E-state index contributed by atoms with van der Waals surface area (Å²) in [6.45, 7) is -1.28. The van der Waals surface area contributed by atoms with Crippen LogP contribution in [0.2, 0.25) is 0 Å². The van der Waals surface area contributed by atoms with Gasteiger partial charge in [0.1, 0.15) is 18.3 Å². The molecule has 0 aromatic heterocycles. The fourth-order valence-electron chi connectivity index (χ4n) is 1.29. The van der Waals surface area contributed by atoms with E-state index in [1.807, 2.05) is 0 Å². The van der Waals surface area contributed by atoms with Gasteiger partial charge in [-0.1, -0.05) is 0 Å². The molecule has 4 atom stereocenters. The molecule has 0 aromatic rings. The normalized spacial score (nSPS) is 18.8. The topological polar surface area (TPSA) is 142 Å². The lowest BCUT2D eigenvalue weighted by molar-refractivity contribution is -0.139. The van der Waals surface area contributed by atoms with Crippen molar-refractivity contribution in [2.75, 3.05) is 26.7 Å². The van der Waals surface area contributed by atoms with Gasteiger partial charge in [0.2, 0.25) is 0 Å². The van der Waals surface area contributed by atoms with Gasteiger partial charge in [-0.15, -0.1) is 0 Å².